The second-order valence-corrected chi connectivity index (χ2v) is 6.94. The zero-order valence-corrected chi connectivity index (χ0v) is 15.9. The number of carbonyl (C=O) groups excluding carboxylic acids is 4. The summed E-state index contributed by atoms with van der Waals surface area (Å²) in [5.41, 5.74) is 0. The van der Waals surface area contributed by atoms with Crippen LogP contribution in [0.1, 0.15) is 40.0 Å². The molecule has 0 N–H and O–H groups in total. The Kier molecular flexibility index (Phi) is 6.99. The summed E-state index contributed by atoms with van der Waals surface area (Å²) in [6, 6.07) is 0. The average Bonchev–Trinajstić information content (AvgIpc) is 2.66. The molecule has 0 aromatic heterocycles. The normalized spacial score (nSPS) is 22.0. The van der Waals surface area contributed by atoms with Crippen molar-refractivity contribution in [1.82, 2.24) is 14.7 Å². The van der Waals surface area contributed by atoms with Gasteiger partial charge in [-0.15, -0.1) is 0 Å². The Morgan fingerprint density at radius 1 is 1.00 bits per heavy atom. The number of rotatable bonds is 4. The lowest BCUT2D eigenvalue weighted by Crippen LogP contribution is -2.53. The van der Waals surface area contributed by atoms with Crippen LogP contribution in [0.15, 0.2) is 0 Å². The third-order valence-corrected chi connectivity index (χ3v) is 5.09. The van der Waals surface area contributed by atoms with Gasteiger partial charge in [-0.25, -0.2) is 0 Å². The highest BCUT2D eigenvalue weighted by Gasteiger charge is 2.33. The molecule has 2 heterocycles. The van der Waals surface area contributed by atoms with Crippen molar-refractivity contribution < 1.29 is 23.9 Å². The molecule has 2 aliphatic rings. The number of hydrogen-bond acceptors (Lipinski definition) is 5. The van der Waals surface area contributed by atoms with Gasteiger partial charge in [-0.05, 0) is 19.8 Å². The van der Waals surface area contributed by atoms with Crippen LogP contribution in [0, 0.1) is 5.92 Å². The predicted molar refractivity (Wildman–Crippen MR) is 94.0 cm³/mol. The molecule has 0 radical (unpaired) electrons. The van der Waals surface area contributed by atoms with E-state index in [1.807, 2.05) is 0 Å². The zero-order valence-electron chi connectivity index (χ0n) is 15.9. The maximum Gasteiger partial charge on any atom is 0.311 e. The molecule has 2 atom stereocenters. The van der Waals surface area contributed by atoms with E-state index < -0.39 is 12.1 Å². The molecule has 2 fully saturated rings. The van der Waals surface area contributed by atoms with Crippen LogP contribution in [-0.4, -0.2) is 83.8 Å². The number of amides is 3. The first-order valence-corrected chi connectivity index (χ1v) is 9.36. The van der Waals surface area contributed by atoms with Gasteiger partial charge in [-0.3, -0.25) is 19.2 Å². The topological polar surface area (TPSA) is 87.2 Å². The molecule has 146 valence electrons. The minimum Gasteiger partial charge on any atom is -0.452 e. The van der Waals surface area contributed by atoms with Crippen molar-refractivity contribution in [3.05, 3.63) is 0 Å². The van der Waals surface area contributed by atoms with Crippen LogP contribution in [0.25, 0.3) is 0 Å². The van der Waals surface area contributed by atoms with Gasteiger partial charge in [0.1, 0.15) is 0 Å². The predicted octanol–water partition coefficient (Wildman–Crippen LogP) is 0.257. The monoisotopic (exact) mass is 367 g/mol. The number of piperazine rings is 1. The second-order valence-electron chi connectivity index (χ2n) is 6.94. The highest BCUT2D eigenvalue weighted by molar-refractivity contribution is 5.85. The van der Waals surface area contributed by atoms with Gasteiger partial charge >= 0.3 is 5.97 Å². The first kappa shape index (κ1) is 20.2. The van der Waals surface area contributed by atoms with Crippen molar-refractivity contribution in [2.75, 3.05) is 39.3 Å². The van der Waals surface area contributed by atoms with Gasteiger partial charge in [0.05, 0.1) is 5.92 Å². The fourth-order valence-electron chi connectivity index (χ4n) is 3.44. The van der Waals surface area contributed by atoms with Crippen LogP contribution >= 0.6 is 0 Å². The van der Waals surface area contributed by atoms with E-state index in [0.717, 1.165) is 6.42 Å². The minimum atomic E-state index is -0.858. The highest BCUT2D eigenvalue weighted by Crippen LogP contribution is 2.19. The van der Waals surface area contributed by atoms with E-state index in [-0.39, 0.29) is 23.6 Å². The van der Waals surface area contributed by atoms with E-state index in [0.29, 0.717) is 52.1 Å². The smallest absolute Gasteiger partial charge is 0.311 e. The first-order chi connectivity index (χ1) is 12.3. The molecule has 0 aromatic rings. The molecule has 2 rings (SSSR count). The quantitative estimate of drug-likeness (QED) is 0.665. The third kappa shape index (κ3) is 4.95. The molecule has 0 spiro atoms. The maximum absolute atomic E-state index is 12.5. The van der Waals surface area contributed by atoms with Crippen molar-refractivity contribution >= 4 is 23.7 Å². The number of piperidine rings is 1. The van der Waals surface area contributed by atoms with Gasteiger partial charge in [0.25, 0.3) is 5.91 Å². The number of carbonyl (C=O) groups is 4. The van der Waals surface area contributed by atoms with Crippen molar-refractivity contribution in [3.63, 3.8) is 0 Å². The summed E-state index contributed by atoms with van der Waals surface area (Å²) in [6.07, 6.45) is 0.998. The Morgan fingerprint density at radius 3 is 2.19 bits per heavy atom. The summed E-state index contributed by atoms with van der Waals surface area (Å²) < 4.78 is 5.39. The van der Waals surface area contributed by atoms with E-state index in [4.69, 9.17) is 4.74 Å². The molecule has 0 bridgehead atoms. The van der Waals surface area contributed by atoms with E-state index in [9.17, 15) is 19.2 Å². The Balaban J connectivity index is 1.83. The molecule has 2 aliphatic heterocycles. The lowest BCUT2D eigenvalue weighted by molar-refractivity contribution is -0.165. The van der Waals surface area contributed by atoms with Crippen molar-refractivity contribution in [3.8, 4) is 0 Å². The van der Waals surface area contributed by atoms with E-state index >= 15 is 0 Å². The number of likely N-dealkylation sites (tertiary alicyclic amines) is 1. The minimum absolute atomic E-state index is 0.0000503. The molecule has 0 saturated carbocycles. The first-order valence-electron chi connectivity index (χ1n) is 9.36. The summed E-state index contributed by atoms with van der Waals surface area (Å²) in [7, 11) is 0. The Hall–Kier alpha value is -2.12. The van der Waals surface area contributed by atoms with E-state index in [1.54, 1.807) is 28.5 Å². The molecule has 2 unspecified atom stereocenters. The maximum atomic E-state index is 12.5. The van der Waals surface area contributed by atoms with Crippen LogP contribution in [0.5, 0.6) is 0 Å². The van der Waals surface area contributed by atoms with Gasteiger partial charge < -0.3 is 19.4 Å². The van der Waals surface area contributed by atoms with Crippen LogP contribution in [-0.2, 0) is 23.9 Å². The van der Waals surface area contributed by atoms with Gasteiger partial charge in [0, 0.05) is 52.6 Å². The molecular formula is C18H29N3O5. The van der Waals surface area contributed by atoms with Crippen molar-refractivity contribution in [1.29, 1.82) is 0 Å². The van der Waals surface area contributed by atoms with Crippen molar-refractivity contribution in [2.45, 2.75) is 46.1 Å². The van der Waals surface area contributed by atoms with Gasteiger partial charge in [0.2, 0.25) is 11.8 Å². The average molecular weight is 367 g/mol. The number of hydrogen-bond donors (Lipinski definition) is 0. The standard InChI is InChI=1S/C18H29N3O5/c1-4-16(23)21-7-5-6-15(12-21)18(25)26-13(2)17(24)20-10-8-19(9-11-20)14(3)22/h13,15H,4-12H2,1-3H3. The van der Waals surface area contributed by atoms with Crippen LogP contribution in [0.4, 0.5) is 0 Å². The SMILES string of the molecule is CCC(=O)N1CCCC(C(=O)OC(C)C(=O)N2CCN(C(C)=O)CC2)C1. The van der Waals surface area contributed by atoms with Gasteiger partial charge in [-0.1, -0.05) is 6.92 Å². The second kappa shape index (κ2) is 9.00. The van der Waals surface area contributed by atoms with Gasteiger partial charge in [0.15, 0.2) is 6.10 Å². The number of esters is 1. The molecule has 8 heteroatoms. The Bertz CT molecular complexity index is 557. The largest absolute Gasteiger partial charge is 0.452 e. The number of ether oxygens (including phenoxy) is 1. The van der Waals surface area contributed by atoms with Crippen LogP contribution in [0.3, 0.4) is 0 Å². The lowest BCUT2D eigenvalue weighted by atomic mass is 9.98. The fraction of sp³-hybridized carbons (Fsp3) is 0.778. The van der Waals surface area contributed by atoms with Crippen LogP contribution < -0.4 is 0 Å². The van der Waals surface area contributed by atoms with E-state index in [2.05, 4.69) is 0 Å². The summed E-state index contributed by atoms with van der Waals surface area (Å²) in [5, 5.41) is 0. The third-order valence-electron chi connectivity index (χ3n) is 5.09. The van der Waals surface area contributed by atoms with E-state index in [1.165, 1.54) is 6.92 Å². The van der Waals surface area contributed by atoms with Crippen LogP contribution in [0.2, 0.25) is 0 Å². The molecule has 3 amide bonds. The summed E-state index contributed by atoms with van der Waals surface area (Å²) in [4.78, 5) is 53.1. The van der Waals surface area contributed by atoms with Crippen molar-refractivity contribution in [2.24, 2.45) is 5.92 Å². The molecule has 2 saturated heterocycles. The number of nitrogens with zero attached hydrogens (tertiary/aromatic N) is 3. The molecule has 26 heavy (non-hydrogen) atoms. The molecule has 0 aromatic carbocycles. The summed E-state index contributed by atoms with van der Waals surface area (Å²) in [5.74, 6) is -0.986. The summed E-state index contributed by atoms with van der Waals surface area (Å²) in [6.45, 7) is 7.82. The Labute approximate surface area is 154 Å². The highest BCUT2D eigenvalue weighted by atomic mass is 16.5. The lowest BCUT2D eigenvalue weighted by Gasteiger charge is -2.36. The Morgan fingerprint density at radius 2 is 1.62 bits per heavy atom. The fourth-order valence-corrected chi connectivity index (χ4v) is 3.44. The molecule has 0 aliphatic carbocycles. The zero-order chi connectivity index (χ0) is 19.3. The molecular weight excluding hydrogens is 338 g/mol. The van der Waals surface area contributed by atoms with Gasteiger partial charge in [-0.2, -0.15) is 0 Å². The summed E-state index contributed by atoms with van der Waals surface area (Å²) >= 11 is 0. The molecule has 8 nitrogen and oxygen atoms in total.